The van der Waals surface area contributed by atoms with Gasteiger partial charge in [0.05, 0.1) is 0 Å². The molecule has 0 aliphatic heterocycles. The Morgan fingerprint density at radius 2 is 0.769 bits per heavy atom. The average molecular weight is 582 g/mol. The summed E-state index contributed by atoms with van der Waals surface area (Å²) in [4.78, 5) is 0. The van der Waals surface area contributed by atoms with Crippen molar-refractivity contribution in [2.75, 3.05) is 0 Å². The molecule has 0 spiro atoms. The first-order valence-electron chi connectivity index (χ1n) is 13.0. The fourth-order valence-corrected chi connectivity index (χ4v) is 9.11. The van der Waals surface area contributed by atoms with Crippen LogP contribution < -0.4 is 21.2 Å². The zero-order valence-electron chi connectivity index (χ0n) is 21.8. The summed E-state index contributed by atoms with van der Waals surface area (Å²) >= 11 is 0. The van der Waals surface area contributed by atoms with E-state index in [4.69, 9.17) is 0 Å². The third-order valence-electron chi connectivity index (χ3n) is 6.42. The Hall–Kier alpha value is -3.04. The predicted molar refractivity (Wildman–Crippen MR) is 170 cm³/mol. The monoisotopic (exact) mass is 582 g/mol. The molecule has 0 amide bonds. The van der Waals surface area contributed by atoms with Crippen LogP contribution in [0.3, 0.4) is 0 Å². The summed E-state index contributed by atoms with van der Waals surface area (Å²) in [5, 5.41) is 5.80. The fourth-order valence-electron chi connectivity index (χ4n) is 4.50. The summed E-state index contributed by atoms with van der Waals surface area (Å²) in [5.74, 6) is 0. The van der Waals surface area contributed by atoms with Crippen LogP contribution in [-0.2, 0) is 29.4 Å². The minimum atomic E-state index is -0.301. The molecule has 0 radical (unpaired) electrons. The van der Waals surface area contributed by atoms with Crippen LogP contribution in [0.1, 0.15) is 11.1 Å². The minimum absolute atomic E-state index is 0. The van der Waals surface area contributed by atoms with Crippen molar-refractivity contribution in [3.8, 4) is 0 Å². The molecule has 0 unspecified atom stereocenters. The first kappa shape index (κ1) is 29.0. The molecule has 0 aliphatic rings. The van der Waals surface area contributed by atoms with Crippen molar-refractivity contribution in [2.24, 2.45) is 0 Å². The molecule has 0 saturated carbocycles. The smallest absolute Gasteiger partial charge is 0 e. The summed E-state index contributed by atoms with van der Waals surface area (Å²) in [7, 11) is -0.603. The van der Waals surface area contributed by atoms with Crippen molar-refractivity contribution in [2.45, 2.75) is 12.3 Å². The van der Waals surface area contributed by atoms with Crippen LogP contribution in [0.5, 0.6) is 0 Å². The molecular formula is C36H32FeP2-6. The molecule has 0 N–H and O–H groups in total. The zero-order chi connectivity index (χ0) is 25.8. The minimum Gasteiger partial charge on any atom is -0.748 e. The predicted octanol–water partition coefficient (Wildman–Crippen LogP) is 8.07. The fraction of sp³-hybridized carbons (Fsp3) is 0.0556. The SMILES string of the molecule is [Fe].c1ccc(P(C[c-]2[cH-][cH-][cH-][cH-]2)c2ccccc2)cc1.c1ccc(P(C[c-]2cccc2)c2ccccc2)cc1. The van der Waals surface area contributed by atoms with E-state index in [0.717, 1.165) is 12.3 Å². The maximum atomic E-state index is 2.25. The van der Waals surface area contributed by atoms with E-state index in [0.29, 0.717) is 0 Å². The van der Waals surface area contributed by atoms with Crippen LogP contribution >= 0.6 is 15.8 Å². The molecule has 0 aromatic heterocycles. The Morgan fingerprint density at radius 1 is 0.436 bits per heavy atom. The number of rotatable bonds is 8. The van der Waals surface area contributed by atoms with Crippen molar-refractivity contribution in [3.05, 3.63) is 181 Å². The van der Waals surface area contributed by atoms with Gasteiger partial charge in [-0.2, -0.15) is 23.9 Å². The number of hydrogen-bond donors (Lipinski definition) is 0. The average Bonchev–Trinajstić information content (AvgIpc) is 3.72. The molecule has 6 aromatic carbocycles. The van der Waals surface area contributed by atoms with Gasteiger partial charge in [-0.1, -0.05) is 137 Å². The van der Waals surface area contributed by atoms with Gasteiger partial charge >= 0.3 is 0 Å². The van der Waals surface area contributed by atoms with Crippen molar-refractivity contribution in [1.29, 1.82) is 0 Å². The third kappa shape index (κ3) is 8.47. The molecule has 0 saturated heterocycles. The van der Waals surface area contributed by atoms with Gasteiger partial charge in [-0.15, -0.1) is 0 Å². The van der Waals surface area contributed by atoms with E-state index in [2.05, 4.69) is 170 Å². The maximum absolute atomic E-state index is 2.25. The quantitative estimate of drug-likeness (QED) is 0.0968. The van der Waals surface area contributed by atoms with Crippen LogP contribution in [0.2, 0.25) is 0 Å². The van der Waals surface area contributed by atoms with Crippen LogP contribution in [-0.4, -0.2) is 0 Å². The standard InChI is InChI=1S/2C18H16P.Fe/c2*1-3-11-17(12-4-1)19(15-16-9-7-8-10-16)18-13-5-2-6-14-18;/h2*1-14H,15H2;/q-5;-1;. The van der Waals surface area contributed by atoms with Crippen molar-refractivity contribution < 1.29 is 17.1 Å². The normalized spacial score (nSPS) is 10.5. The largest absolute Gasteiger partial charge is 0.748 e. The number of benzene rings is 4. The molecule has 3 heteroatoms. The van der Waals surface area contributed by atoms with E-state index in [-0.39, 0.29) is 32.9 Å². The topological polar surface area (TPSA) is 0 Å². The maximum Gasteiger partial charge on any atom is 0 e. The van der Waals surface area contributed by atoms with Crippen molar-refractivity contribution in [3.63, 3.8) is 0 Å². The van der Waals surface area contributed by atoms with Crippen LogP contribution in [0.4, 0.5) is 0 Å². The molecule has 39 heavy (non-hydrogen) atoms. The second kappa shape index (κ2) is 15.5. The Kier molecular flexibility index (Phi) is 11.5. The van der Waals surface area contributed by atoms with Gasteiger partial charge in [-0.25, -0.2) is 12.1 Å². The summed E-state index contributed by atoms with van der Waals surface area (Å²) < 4.78 is 0. The van der Waals surface area contributed by atoms with Gasteiger partial charge in [0, 0.05) is 17.1 Å². The summed E-state index contributed by atoms with van der Waals surface area (Å²) in [6, 6.07) is 60.9. The van der Waals surface area contributed by atoms with E-state index in [1.165, 1.54) is 32.3 Å². The third-order valence-corrected chi connectivity index (χ3v) is 11.5. The number of hydrogen-bond acceptors (Lipinski definition) is 0. The molecule has 200 valence electrons. The van der Waals surface area contributed by atoms with Crippen LogP contribution in [0, 0.1) is 0 Å². The van der Waals surface area contributed by atoms with E-state index < -0.39 is 0 Å². The van der Waals surface area contributed by atoms with Gasteiger partial charge in [0.15, 0.2) is 0 Å². The summed E-state index contributed by atoms with van der Waals surface area (Å²) in [5.41, 5.74) is 2.86. The molecule has 6 aromatic rings. The molecule has 6 rings (SSSR count). The molecule has 0 fully saturated rings. The van der Waals surface area contributed by atoms with Gasteiger partial charge < -0.3 is 29.8 Å². The summed E-state index contributed by atoms with van der Waals surface area (Å²) in [6.45, 7) is 0. The molecule has 0 aliphatic carbocycles. The Labute approximate surface area is 246 Å². The van der Waals surface area contributed by atoms with E-state index >= 15 is 0 Å². The van der Waals surface area contributed by atoms with E-state index in [1.54, 1.807) is 0 Å². The second-order valence-corrected chi connectivity index (χ2v) is 13.5. The van der Waals surface area contributed by atoms with E-state index in [9.17, 15) is 0 Å². The second-order valence-electron chi connectivity index (χ2n) is 9.10. The van der Waals surface area contributed by atoms with Gasteiger partial charge in [0.1, 0.15) is 0 Å². The summed E-state index contributed by atoms with van der Waals surface area (Å²) in [6.07, 6.45) is 2.24. The Morgan fingerprint density at radius 3 is 1.13 bits per heavy atom. The molecular weight excluding hydrogens is 550 g/mol. The Bertz CT molecular complexity index is 1240. The van der Waals surface area contributed by atoms with Gasteiger partial charge in [0.25, 0.3) is 0 Å². The zero-order valence-corrected chi connectivity index (χ0v) is 24.7. The Balaban J connectivity index is 0.000000176. The molecule has 0 atom stereocenters. The van der Waals surface area contributed by atoms with Crippen LogP contribution in [0.25, 0.3) is 0 Å². The van der Waals surface area contributed by atoms with Crippen molar-refractivity contribution in [1.82, 2.24) is 0 Å². The van der Waals surface area contributed by atoms with Gasteiger partial charge in [-0.05, 0) is 27.4 Å². The first-order valence-corrected chi connectivity index (χ1v) is 16.1. The van der Waals surface area contributed by atoms with Gasteiger partial charge in [0.2, 0.25) is 0 Å². The van der Waals surface area contributed by atoms with E-state index in [1.807, 2.05) is 0 Å². The molecule has 0 nitrogen and oxygen atoms in total. The molecule has 0 heterocycles. The van der Waals surface area contributed by atoms with Crippen molar-refractivity contribution >= 4 is 37.1 Å². The van der Waals surface area contributed by atoms with Gasteiger partial charge in [-0.3, -0.25) is 0 Å². The van der Waals surface area contributed by atoms with Crippen LogP contribution in [0.15, 0.2) is 170 Å². The first-order chi connectivity index (χ1) is 18.9. The molecule has 0 bridgehead atoms.